The highest BCUT2D eigenvalue weighted by molar-refractivity contribution is 7.90. The summed E-state index contributed by atoms with van der Waals surface area (Å²) in [5.74, 6) is -0.0839. The number of nitrogens with zero attached hydrogens (tertiary/aromatic N) is 2. The van der Waals surface area contributed by atoms with Crippen LogP contribution in [0.4, 0.5) is 5.69 Å². The zero-order valence-electron chi connectivity index (χ0n) is 12.3. The Labute approximate surface area is 133 Å². The van der Waals surface area contributed by atoms with Crippen LogP contribution in [0.25, 0.3) is 0 Å². The van der Waals surface area contributed by atoms with Gasteiger partial charge in [-0.1, -0.05) is 29.8 Å². The summed E-state index contributed by atoms with van der Waals surface area (Å²) in [4.78, 5) is 10.1. The molecule has 0 aliphatic heterocycles. The molecule has 7 nitrogen and oxygen atoms in total. The highest BCUT2D eigenvalue weighted by atomic mass is 32.2. The molecule has 0 unspecified atom stereocenters. The lowest BCUT2D eigenvalue weighted by Crippen LogP contribution is -2.17. The van der Waals surface area contributed by atoms with Gasteiger partial charge in [-0.2, -0.15) is 8.42 Å². The van der Waals surface area contributed by atoms with Crippen LogP contribution in [0, 0.1) is 17.0 Å². The van der Waals surface area contributed by atoms with E-state index < -0.39 is 14.9 Å². The summed E-state index contributed by atoms with van der Waals surface area (Å²) in [6.07, 6.45) is 0.0864. The molecule has 0 fully saturated rings. The summed E-state index contributed by atoms with van der Waals surface area (Å²) in [6, 6.07) is 12.0. The molecule has 0 radical (unpaired) electrons. The smallest absolute Gasteiger partial charge is 0.283 e. The van der Waals surface area contributed by atoms with Crippen LogP contribution in [0.5, 0.6) is 0 Å². The number of hydrogen-bond acceptors (Lipinski definition) is 4. The fraction of sp³-hybridized carbons (Fsp3) is 0.133. The van der Waals surface area contributed by atoms with E-state index in [0.29, 0.717) is 5.56 Å². The second-order valence-corrected chi connectivity index (χ2v) is 6.58. The number of non-ortho nitro benzene ring substituents is 1. The van der Waals surface area contributed by atoms with Gasteiger partial charge in [-0.25, -0.2) is 0 Å². The molecule has 0 bridgehead atoms. The molecule has 120 valence electrons. The van der Waals surface area contributed by atoms with Crippen molar-refractivity contribution in [2.45, 2.75) is 18.2 Å². The Morgan fingerprint density at radius 1 is 1.13 bits per heavy atom. The van der Waals surface area contributed by atoms with Crippen LogP contribution in [0.2, 0.25) is 0 Å². The van der Waals surface area contributed by atoms with Gasteiger partial charge in [0.1, 0.15) is 5.84 Å². The molecule has 2 rings (SSSR count). The monoisotopic (exact) mass is 333 g/mol. The highest BCUT2D eigenvalue weighted by Gasteiger charge is 2.13. The van der Waals surface area contributed by atoms with Crippen LogP contribution in [-0.2, 0) is 16.4 Å². The van der Waals surface area contributed by atoms with E-state index in [9.17, 15) is 18.5 Å². The standard InChI is InChI=1S/C15H15N3O4S/c1-11-2-8-14(9-3-11)23(21,22)17-15(16)10-12-4-6-13(7-5-12)18(19)20/h2-9H,10H2,1H3,(H2,16,17). The maximum Gasteiger partial charge on any atom is 0.283 e. The molecule has 23 heavy (non-hydrogen) atoms. The van der Waals surface area contributed by atoms with E-state index in [1.807, 2.05) is 6.92 Å². The summed E-state index contributed by atoms with van der Waals surface area (Å²) >= 11 is 0. The van der Waals surface area contributed by atoms with Crippen LogP contribution in [0.15, 0.2) is 57.8 Å². The Balaban J connectivity index is 2.18. The zero-order chi connectivity index (χ0) is 17.0. The molecule has 0 atom stereocenters. The second-order valence-electron chi connectivity index (χ2n) is 4.97. The van der Waals surface area contributed by atoms with E-state index in [1.165, 1.54) is 36.4 Å². The van der Waals surface area contributed by atoms with E-state index >= 15 is 0 Å². The number of nitro groups is 1. The minimum absolute atomic E-state index is 0.0449. The molecule has 2 aromatic carbocycles. The van der Waals surface area contributed by atoms with Gasteiger partial charge in [-0.05, 0) is 24.6 Å². The minimum Gasteiger partial charge on any atom is -0.386 e. The predicted molar refractivity (Wildman–Crippen MR) is 86.8 cm³/mol. The average Bonchev–Trinajstić information content (AvgIpc) is 2.47. The first-order valence-corrected chi connectivity index (χ1v) is 8.11. The molecule has 0 spiro atoms. The van der Waals surface area contributed by atoms with E-state index in [0.717, 1.165) is 5.56 Å². The number of nitro benzene ring substituents is 1. The summed E-state index contributed by atoms with van der Waals surface area (Å²) in [5, 5.41) is 10.6. The lowest BCUT2D eigenvalue weighted by atomic mass is 10.1. The Morgan fingerprint density at radius 3 is 2.22 bits per heavy atom. The van der Waals surface area contributed by atoms with Crippen molar-refractivity contribution in [3.63, 3.8) is 0 Å². The molecule has 0 saturated carbocycles. The van der Waals surface area contributed by atoms with Crippen molar-refractivity contribution in [3.05, 3.63) is 69.8 Å². The summed E-state index contributed by atoms with van der Waals surface area (Å²) < 4.78 is 27.9. The molecule has 0 aromatic heterocycles. The third-order valence-corrected chi connectivity index (χ3v) is 4.43. The Kier molecular flexibility index (Phi) is 4.75. The minimum atomic E-state index is -3.86. The predicted octanol–water partition coefficient (Wildman–Crippen LogP) is 2.19. The zero-order valence-corrected chi connectivity index (χ0v) is 13.2. The van der Waals surface area contributed by atoms with Crippen LogP contribution < -0.4 is 5.73 Å². The van der Waals surface area contributed by atoms with E-state index in [2.05, 4.69) is 4.40 Å². The van der Waals surface area contributed by atoms with Crippen LogP contribution >= 0.6 is 0 Å². The first kappa shape index (κ1) is 16.6. The fourth-order valence-corrected chi connectivity index (χ4v) is 2.85. The van der Waals surface area contributed by atoms with Crippen LogP contribution in [0.1, 0.15) is 11.1 Å². The first-order valence-electron chi connectivity index (χ1n) is 6.67. The van der Waals surface area contributed by atoms with Crippen molar-refractivity contribution in [2.75, 3.05) is 0 Å². The quantitative estimate of drug-likeness (QED) is 0.390. The SMILES string of the molecule is Cc1ccc(S(=O)(=O)/N=C(\N)Cc2ccc([N+](=O)[O-])cc2)cc1. The molecule has 2 N–H and O–H groups in total. The first-order chi connectivity index (χ1) is 10.8. The highest BCUT2D eigenvalue weighted by Crippen LogP contribution is 2.15. The average molecular weight is 333 g/mol. The number of benzene rings is 2. The number of rotatable bonds is 5. The molecule has 0 saturated heterocycles. The molecule has 0 amide bonds. The topological polar surface area (TPSA) is 116 Å². The summed E-state index contributed by atoms with van der Waals surface area (Å²) in [5.41, 5.74) is 7.22. The second kappa shape index (κ2) is 6.57. The van der Waals surface area contributed by atoms with Crippen LogP contribution in [-0.4, -0.2) is 19.2 Å². The van der Waals surface area contributed by atoms with Crippen molar-refractivity contribution in [2.24, 2.45) is 10.1 Å². The summed E-state index contributed by atoms with van der Waals surface area (Å²) in [7, 11) is -3.86. The van der Waals surface area contributed by atoms with E-state index in [-0.39, 0.29) is 22.8 Å². The van der Waals surface area contributed by atoms with Gasteiger partial charge in [0.05, 0.1) is 9.82 Å². The van der Waals surface area contributed by atoms with Crippen LogP contribution in [0.3, 0.4) is 0 Å². The number of amidine groups is 1. The van der Waals surface area contributed by atoms with E-state index in [1.54, 1.807) is 12.1 Å². The lowest BCUT2D eigenvalue weighted by molar-refractivity contribution is -0.384. The number of sulfonamides is 1. The maximum atomic E-state index is 12.1. The molecular formula is C15H15N3O4S. The van der Waals surface area contributed by atoms with E-state index in [4.69, 9.17) is 5.73 Å². The van der Waals surface area contributed by atoms with Gasteiger partial charge in [0, 0.05) is 18.6 Å². The molecule has 0 heterocycles. The number of hydrogen-bond donors (Lipinski definition) is 1. The lowest BCUT2D eigenvalue weighted by Gasteiger charge is -2.03. The van der Waals surface area contributed by atoms with Gasteiger partial charge < -0.3 is 5.73 Å². The van der Waals surface area contributed by atoms with Gasteiger partial charge in [0.25, 0.3) is 15.7 Å². The fourth-order valence-electron chi connectivity index (χ4n) is 1.89. The summed E-state index contributed by atoms with van der Waals surface area (Å²) in [6.45, 7) is 1.85. The third-order valence-electron chi connectivity index (χ3n) is 3.09. The molecular weight excluding hydrogens is 318 g/mol. The Hall–Kier alpha value is -2.74. The van der Waals surface area contributed by atoms with Gasteiger partial charge in [0.15, 0.2) is 0 Å². The van der Waals surface area contributed by atoms with Gasteiger partial charge >= 0.3 is 0 Å². The largest absolute Gasteiger partial charge is 0.386 e. The number of nitrogens with two attached hydrogens (primary N) is 1. The Bertz CT molecular complexity index is 841. The van der Waals surface area contributed by atoms with Crippen molar-refractivity contribution < 1.29 is 13.3 Å². The molecule has 8 heteroatoms. The van der Waals surface area contributed by atoms with Gasteiger partial charge in [-0.15, -0.1) is 4.40 Å². The van der Waals surface area contributed by atoms with Gasteiger partial charge in [-0.3, -0.25) is 10.1 Å². The number of aryl methyl sites for hydroxylation is 1. The van der Waals surface area contributed by atoms with Crippen molar-refractivity contribution in [3.8, 4) is 0 Å². The maximum absolute atomic E-state index is 12.1. The molecule has 0 aliphatic carbocycles. The van der Waals surface area contributed by atoms with Crippen molar-refractivity contribution in [1.29, 1.82) is 0 Å². The van der Waals surface area contributed by atoms with Gasteiger partial charge in [0.2, 0.25) is 0 Å². The third kappa shape index (κ3) is 4.36. The normalized spacial score (nSPS) is 12.1. The molecule has 0 aliphatic rings. The Morgan fingerprint density at radius 2 is 1.70 bits per heavy atom. The van der Waals surface area contributed by atoms with Crippen molar-refractivity contribution >= 4 is 21.5 Å². The molecule has 2 aromatic rings. The van der Waals surface area contributed by atoms with Crippen molar-refractivity contribution in [1.82, 2.24) is 0 Å².